The van der Waals surface area contributed by atoms with Gasteiger partial charge in [-0.25, -0.2) is 0 Å². The van der Waals surface area contributed by atoms with E-state index in [1.54, 1.807) is 10.8 Å². The molecule has 0 amide bonds. The third-order valence-corrected chi connectivity index (χ3v) is 3.10. The monoisotopic (exact) mass is 271 g/mol. The minimum atomic E-state index is -0.310. The van der Waals surface area contributed by atoms with E-state index in [-0.39, 0.29) is 30.3 Å². The van der Waals surface area contributed by atoms with Gasteiger partial charge >= 0.3 is 5.97 Å². The highest BCUT2D eigenvalue weighted by molar-refractivity contribution is 5.70. The summed E-state index contributed by atoms with van der Waals surface area (Å²) < 4.78 is 12.1. The number of ether oxygens (including phenoxy) is 2. The second-order valence-corrected chi connectivity index (χ2v) is 4.56. The van der Waals surface area contributed by atoms with E-state index in [9.17, 15) is 9.59 Å². The number of fused-ring (bicyclic) bond motifs is 1. The molecule has 5 nitrogen and oxygen atoms in total. The second-order valence-electron chi connectivity index (χ2n) is 4.56. The van der Waals surface area contributed by atoms with Crippen molar-refractivity contribution < 1.29 is 14.3 Å². The summed E-state index contributed by atoms with van der Waals surface area (Å²) >= 11 is 0. The highest BCUT2D eigenvalue weighted by Gasteiger charge is 2.17. The lowest BCUT2D eigenvalue weighted by Gasteiger charge is -2.19. The van der Waals surface area contributed by atoms with Crippen LogP contribution in [0.1, 0.15) is 11.3 Å². The summed E-state index contributed by atoms with van der Waals surface area (Å²) in [4.78, 5) is 23.2. The number of carbonyl (C=O) groups is 1. The summed E-state index contributed by atoms with van der Waals surface area (Å²) in [5.74, 6) is -0.0672. The average Bonchev–Trinajstić information content (AvgIpc) is 2.46. The van der Waals surface area contributed by atoms with Gasteiger partial charge in [-0.3, -0.25) is 9.59 Å². The van der Waals surface area contributed by atoms with E-state index in [4.69, 9.17) is 9.47 Å². The highest BCUT2D eigenvalue weighted by atomic mass is 16.5. The number of carbonyl (C=O) groups excluding carboxylic acids is 1. The molecule has 2 aromatic rings. The van der Waals surface area contributed by atoms with E-state index in [0.29, 0.717) is 12.3 Å². The maximum atomic E-state index is 11.9. The minimum Gasteiger partial charge on any atom is -0.483 e. The number of rotatable bonds is 3. The molecule has 2 heterocycles. The maximum absolute atomic E-state index is 11.9. The van der Waals surface area contributed by atoms with Crippen LogP contribution in [-0.4, -0.2) is 10.5 Å². The van der Waals surface area contributed by atoms with Crippen LogP contribution in [0.3, 0.4) is 0 Å². The van der Waals surface area contributed by atoms with Crippen molar-refractivity contribution in [1.29, 1.82) is 0 Å². The van der Waals surface area contributed by atoms with Crippen molar-refractivity contribution >= 4 is 5.97 Å². The Morgan fingerprint density at radius 1 is 1.20 bits per heavy atom. The first-order valence-corrected chi connectivity index (χ1v) is 6.28. The smallest absolute Gasteiger partial charge is 0.326 e. The largest absolute Gasteiger partial charge is 0.483 e. The number of pyridine rings is 1. The Balaban J connectivity index is 1.81. The summed E-state index contributed by atoms with van der Waals surface area (Å²) in [5.41, 5.74) is 1.46. The minimum absolute atomic E-state index is 0.108. The molecule has 1 aliphatic rings. The Labute approximate surface area is 115 Å². The van der Waals surface area contributed by atoms with Crippen molar-refractivity contribution in [2.45, 2.75) is 19.8 Å². The zero-order chi connectivity index (χ0) is 13.9. The van der Waals surface area contributed by atoms with Crippen LogP contribution in [-0.2, 0) is 29.3 Å². The molecular weight excluding hydrogens is 258 g/mol. The van der Waals surface area contributed by atoms with Crippen LogP contribution in [0.25, 0.3) is 0 Å². The van der Waals surface area contributed by atoms with Crippen molar-refractivity contribution in [1.82, 2.24) is 4.57 Å². The Kier molecular flexibility index (Phi) is 3.25. The first-order valence-electron chi connectivity index (χ1n) is 6.28. The van der Waals surface area contributed by atoms with E-state index >= 15 is 0 Å². The molecule has 5 heteroatoms. The van der Waals surface area contributed by atoms with Gasteiger partial charge in [0.25, 0.3) is 0 Å². The van der Waals surface area contributed by atoms with Crippen LogP contribution >= 0.6 is 0 Å². The molecule has 1 aliphatic heterocycles. The lowest BCUT2D eigenvalue weighted by molar-refractivity contribution is -0.148. The van der Waals surface area contributed by atoms with Gasteiger partial charge in [-0.05, 0) is 5.56 Å². The summed E-state index contributed by atoms with van der Waals surface area (Å²) in [6.45, 7) is 0.560. The van der Waals surface area contributed by atoms with Crippen molar-refractivity contribution in [3.05, 3.63) is 64.1 Å². The van der Waals surface area contributed by atoms with Gasteiger partial charge in [0, 0.05) is 6.07 Å². The Bertz CT molecular complexity index is 691. The fourth-order valence-electron chi connectivity index (χ4n) is 2.05. The SMILES string of the molecule is O=C1Cn2cc(OCc3ccccc3)c(=O)cc2CO1. The quantitative estimate of drug-likeness (QED) is 0.793. The van der Waals surface area contributed by atoms with Crippen LogP contribution in [0.2, 0.25) is 0 Å². The molecule has 3 rings (SSSR count). The van der Waals surface area contributed by atoms with Crippen molar-refractivity contribution in [3.8, 4) is 5.75 Å². The zero-order valence-electron chi connectivity index (χ0n) is 10.7. The average molecular weight is 271 g/mol. The predicted octanol–water partition coefficient (Wildman–Crippen LogP) is 1.48. The van der Waals surface area contributed by atoms with Gasteiger partial charge in [0.1, 0.15) is 19.8 Å². The molecule has 102 valence electrons. The zero-order valence-corrected chi connectivity index (χ0v) is 10.7. The number of hydrogen-bond acceptors (Lipinski definition) is 4. The van der Waals surface area contributed by atoms with E-state index in [1.165, 1.54) is 6.07 Å². The molecule has 1 aromatic carbocycles. The number of aromatic nitrogens is 1. The molecule has 0 saturated heterocycles. The maximum Gasteiger partial charge on any atom is 0.326 e. The van der Waals surface area contributed by atoms with E-state index in [0.717, 1.165) is 5.56 Å². The molecular formula is C15H13NO4. The van der Waals surface area contributed by atoms with Crippen LogP contribution in [0.4, 0.5) is 0 Å². The Hall–Kier alpha value is -2.56. The third-order valence-electron chi connectivity index (χ3n) is 3.10. The van der Waals surface area contributed by atoms with Crippen molar-refractivity contribution in [2.75, 3.05) is 0 Å². The summed E-state index contributed by atoms with van der Waals surface area (Å²) in [7, 11) is 0. The number of benzene rings is 1. The molecule has 0 unspecified atom stereocenters. The molecule has 20 heavy (non-hydrogen) atoms. The second kappa shape index (κ2) is 5.21. The molecule has 0 fully saturated rings. The number of hydrogen-bond donors (Lipinski definition) is 0. The van der Waals surface area contributed by atoms with Crippen LogP contribution in [0.5, 0.6) is 5.75 Å². The molecule has 1 aromatic heterocycles. The number of esters is 1. The number of nitrogens with zero attached hydrogens (tertiary/aromatic N) is 1. The van der Waals surface area contributed by atoms with Gasteiger partial charge in [-0.15, -0.1) is 0 Å². The standard InChI is InChI=1S/C15H13NO4/c17-13-6-12-10-20-15(18)8-16(12)7-14(13)19-9-11-4-2-1-3-5-11/h1-7H,8-10H2. The van der Waals surface area contributed by atoms with Gasteiger partial charge in [0.2, 0.25) is 5.43 Å². The lowest BCUT2D eigenvalue weighted by Crippen LogP contribution is -2.25. The van der Waals surface area contributed by atoms with Crippen molar-refractivity contribution in [3.63, 3.8) is 0 Å². The van der Waals surface area contributed by atoms with E-state index in [1.807, 2.05) is 30.3 Å². The molecule has 0 saturated carbocycles. The molecule has 0 bridgehead atoms. The molecule has 0 spiro atoms. The van der Waals surface area contributed by atoms with E-state index < -0.39 is 0 Å². The Morgan fingerprint density at radius 3 is 2.80 bits per heavy atom. The van der Waals surface area contributed by atoms with Crippen LogP contribution in [0, 0.1) is 0 Å². The highest BCUT2D eigenvalue weighted by Crippen LogP contribution is 2.13. The first kappa shape index (κ1) is 12.5. The summed E-state index contributed by atoms with van der Waals surface area (Å²) in [6, 6.07) is 11.0. The van der Waals surface area contributed by atoms with Gasteiger partial charge in [0.15, 0.2) is 5.75 Å². The normalized spacial score (nSPS) is 13.5. The van der Waals surface area contributed by atoms with Gasteiger partial charge in [-0.1, -0.05) is 30.3 Å². The Morgan fingerprint density at radius 2 is 2.00 bits per heavy atom. The van der Waals surface area contributed by atoms with Crippen LogP contribution in [0.15, 0.2) is 47.4 Å². The third kappa shape index (κ3) is 2.56. The molecule has 0 radical (unpaired) electrons. The summed E-state index contributed by atoms with van der Waals surface area (Å²) in [6.07, 6.45) is 1.57. The fourth-order valence-corrected chi connectivity index (χ4v) is 2.05. The number of cyclic esters (lactones) is 1. The molecule has 0 atom stereocenters. The molecule has 0 N–H and O–H groups in total. The topological polar surface area (TPSA) is 57.5 Å². The lowest BCUT2D eigenvalue weighted by atomic mass is 10.2. The summed E-state index contributed by atoms with van der Waals surface area (Å²) in [5, 5.41) is 0. The van der Waals surface area contributed by atoms with Gasteiger partial charge < -0.3 is 14.0 Å². The predicted molar refractivity (Wildman–Crippen MR) is 71.3 cm³/mol. The first-order chi connectivity index (χ1) is 9.72. The fraction of sp³-hybridized carbons (Fsp3) is 0.200. The van der Waals surface area contributed by atoms with Crippen LogP contribution < -0.4 is 10.2 Å². The molecule has 0 aliphatic carbocycles. The van der Waals surface area contributed by atoms with Gasteiger partial charge in [0.05, 0.1) is 11.9 Å². The van der Waals surface area contributed by atoms with E-state index in [2.05, 4.69) is 0 Å². The van der Waals surface area contributed by atoms with Gasteiger partial charge in [-0.2, -0.15) is 0 Å². The van der Waals surface area contributed by atoms with Crippen molar-refractivity contribution in [2.24, 2.45) is 0 Å².